The number of amides is 2. The Morgan fingerprint density at radius 1 is 1.33 bits per heavy atom. The van der Waals surface area contributed by atoms with E-state index >= 15 is 0 Å². The lowest BCUT2D eigenvalue weighted by Crippen LogP contribution is -2.56. The van der Waals surface area contributed by atoms with Crippen molar-refractivity contribution in [1.29, 1.82) is 0 Å². The van der Waals surface area contributed by atoms with Crippen molar-refractivity contribution in [3.05, 3.63) is 30.1 Å². The number of aliphatic carboxylic acids is 1. The number of hydrogen-bond donors (Lipinski definition) is 2. The number of benzene rings is 1. The summed E-state index contributed by atoms with van der Waals surface area (Å²) in [7, 11) is 0. The first-order valence-corrected chi connectivity index (χ1v) is 7.99. The van der Waals surface area contributed by atoms with Gasteiger partial charge in [0.25, 0.3) is 0 Å². The average molecular weight is 334 g/mol. The maximum absolute atomic E-state index is 13.9. The van der Waals surface area contributed by atoms with Gasteiger partial charge in [-0.1, -0.05) is 12.1 Å². The van der Waals surface area contributed by atoms with E-state index in [1.165, 1.54) is 23.1 Å². The molecule has 128 valence electrons. The summed E-state index contributed by atoms with van der Waals surface area (Å²) in [6.45, 7) is 0.106. The van der Waals surface area contributed by atoms with Crippen LogP contribution in [0, 0.1) is 11.7 Å². The molecule has 2 amide bonds. The van der Waals surface area contributed by atoms with Gasteiger partial charge in [-0.3, -0.25) is 14.4 Å². The van der Waals surface area contributed by atoms with Gasteiger partial charge >= 0.3 is 5.97 Å². The summed E-state index contributed by atoms with van der Waals surface area (Å²) in [6.07, 6.45) is 2.02. The van der Waals surface area contributed by atoms with Crippen molar-refractivity contribution in [2.24, 2.45) is 5.92 Å². The summed E-state index contributed by atoms with van der Waals surface area (Å²) in [5, 5.41) is 11.8. The van der Waals surface area contributed by atoms with E-state index in [1.807, 2.05) is 0 Å². The van der Waals surface area contributed by atoms with Crippen LogP contribution >= 0.6 is 0 Å². The number of nitrogens with one attached hydrogen (secondary N) is 1. The van der Waals surface area contributed by atoms with Gasteiger partial charge in [0.15, 0.2) is 0 Å². The number of carboxylic acid groups (broad SMARTS) is 1. The fourth-order valence-electron chi connectivity index (χ4n) is 3.39. The summed E-state index contributed by atoms with van der Waals surface area (Å²) in [6, 6.07) is 5.95. The molecule has 0 radical (unpaired) electrons. The van der Waals surface area contributed by atoms with E-state index < -0.39 is 23.2 Å². The number of carbonyl (C=O) groups excluding carboxylic acids is 2. The summed E-state index contributed by atoms with van der Waals surface area (Å²) in [5.74, 6) is -2.69. The van der Waals surface area contributed by atoms with Crippen LogP contribution in [-0.2, 0) is 14.4 Å². The van der Waals surface area contributed by atoms with Crippen molar-refractivity contribution in [2.45, 2.75) is 37.6 Å². The molecule has 1 atom stereocenters. The van der Waals surface area contributed by atoms with Crippen LogP contribution in [0.5, 0.6) is 0 Å². The summed E-state index contributed by atoms with van der Waals surface area (Å²) >= 11 is 0. The van der Waals surface area contributed by atoms with Gasteiger partial charge in [0.2, 0.25) is 11.8 Å². The average Bonchev–Trinajstić information content (AvgIpc) is 2.87. The first kappa shape index (κ1) is 16.4. The Balaban J connectivity index is 1.68. The smallest absolute Gasteiger partial charge is 0.305 e. The quantitative estimate of drug-likeness (QED) is 0.858. The second-order valence-corrected chi connectivity index (χ2v) is 6.55. The molecule has 1 heterocycles. The van der Waals surface area contributed by atoms with E-state index in [-0.39, 0.29) is 36.9 Å². The van der Waals surface area contributed by atoms with Gasteiger partial charge in [0.1, 0.15) is 5.82 Å². The molecule has 7 heteroatoms. The molecule has 0 aromatic heterocycles. The lowest BCUT2D eigenvalue weighted by atomic mass is 9.74. The lowest BCUT2D eigenvalue weighted by molar-refractivity contribution is -0.141. The Bertz CT molecular complexity index is 687. The third kappa shape index (κ3) is 3.11. The van der Waals surface area contributed by atoms with Gasteiger partial charge in [-0.05, 0) is 31.4 Å². The van der Waals surface area contributed by atoms with Crippen LogP contribution in [0.4, 0.5) is 10.1 Å². The standard InChI is InChI=1S/C17H19FN2O4/c18-12-4-1-2-5-13(12)20-10-11(8-14(20)21)16(24)19-17(6-3-7-17)9-15(22)23/h1-2,4-5,11H,3,6-10H2,(H,19,24)(H,22,23). The van der Waals surface area contributed by atoms with Crippen molar-refractivity contribution in [1.82, 2.24) is 5.32 Å². The molecule has 1 aromatic carbocycles. The van der Waals surface area contributed by atoms with Gasteiger partial charge in [0, 0.05) is 13.0 Å². The molecule has 3 rings (SSSR count). The maximum Gasteiger partial charge on any atom is 0.305 e. The van der Waals surface area contributed by atoms with Crippen LogP contribution in [-0.4, -0.2) is 35.0 Å². The molecule has 6 nitrogen and oxygen atoms in total. The Kier molecular flexibility index (Phi) is 4.26. The Morgan fingerprint density at radius 3 is 2.62 bits per heavy atom. The van der Waals surface area contributed by atoms with E-state index in [9.17, 15) is 18.8 Å². The van der Waals surface area contributed by atoms with Crippen molar-refractivity contribution in [2.75, 3.05) is 11.4 Å². The number of rotatable bonds is 5. The zero-order valence-corrected chi connectivity index (χ0v) is 13.1. The fraction of sp³-hybridized carbons (Fsp3) is 0.471. The molecule has 0 bridgehead atoms. The maximum atomic E-state index is 13.9. The van der Waals surface area contributed by atoms with Crippen molar-refractivity contribution in [3.8, 4) is 0 Å². The highest BCUT2D eigenvalue weighted by molar-refractivity contribution is 6.00. The van der Waals surface area contributed by atoms with E-state index in [0.717, 1.165) is 6.42 Å². The highest BCUT2D eigenvalue weighted by atomic mass is 19.1. The first-order chi connectivity index (χ1) is 11.4. The molecule has 0 spiro atoms. The largest absolute Gasteiger partial charge is 0.481 e. The van der Waals surface area contributed by atoms with Crippen molar-refractivity contribution < 1.29 is 23.9 Å². The zero-order chi connectivity index (χ0) is 17.3. The molecule has 24 heavy (non-hydrogen) atoms. The van der Waals surface area contributed by atoms with Gasteiger partial charge in [-0.15, -0.1) is 0 Å². The molecule has 1 aromatic rings. The minimum atomic E-state index is -0.953. The Hall–Kier alpha value is -2.44. The second-order valence-electron chi connectivity index (χ2n) is 6.55. The molecule has 2 N–H and O–H groups in total. The molecule has 2 aliphatic rings. The Morgan fingerprint density at radius 2 is 2.04 bits per heavy atom. The van der Waals surface area contributed by atoms with Crippen LogP contribution in [0.1, 0.15) is 32.1 Å². The number of anilines is 1. The van der Waals surface area contributed by atoms with Crippen LogP contribution in [0.25, 0.3) is 0 Å². The zero-order valence-electron chi connectivity index (χ0n) is 13.1. The van der Waals surface area contributed by atoms with Gasteiger partial charge in [0.05, 0.1) is 23.6 Å². The van der Waals surface area contributed by atoms with Crippen molar-refractivity contribution >= 4 is 23.5 Å². The molecule has 1 unspecified atom stereocenters. The molecular formula is C17H19FN2O4. The number of para-hydroxylation sites is 1. The summed E-state index contributed by atoms with van der Waals surface area (Å²) in [5.41, 5.74) is -0.529. The minimum absolute atomic E-state index is 0.00329. The van der Waals surface area contributed by atoms with Crippen LogP contribution in [0.15, 0.2) is 24.3 Å². The summed E-state index contributed by atoms with van der Waals surface area (Å²) in [4.78, 5) is 36.9. The normalized spacial score (nSPS) is 22.1. The van der Waals surface area contributed by atoms with E-state index in [4.69, 9.17) is 5.11 Å². The minimum Gasteiger partial charge on any atom is -0.481 e. The second kappa shape index (κ2) is 6.22. The number of hydrogen-bond acceptors (Lipinski definition) is 3. The number of carbonyl (C=O) groups is 3. The van der Waals surface area contributed by atoms with Gasteiger partial charge < -0.3 is 15.3 Å². The molecule has 1 aliphatic carbocycles. The molecular weight excluding hydrogens is 315 g/mol. The molecule has 2 fully saturated rings. The van der Waals surface area contributed by atoms with E-state index in [1.54, 1.807) is 6.07 Å². The van der Waals surface area contributed by atoms with Crippen molar-refractivity contribution in [3.63, 3.8) is 0 Å². The molecule has 1 saturated carbocycles. The summed E-state index contributed by atoms with van der Waals surface area (Å²) < 4.78 is 13.9. The number of halogens is 1. The monoisotopic (exact) mass is 334 g/mol. The van der Waals surface area contributed by atoms with Crippen LogP contribution < -0.4 is 10.2 Å². The highest BCUT2D eigenvalue weighted by Gasteiger charge is 2.43. The van der Waals surface area contributed by atoms with E-state index in [2.05, 4.69) is 5.32 Å². The third-order valence-electron chi connectivity index (χ3n) is 4.83. The number of nitrogens with zero attached hydrogens (tertiary/aromatic N) is 1. The Labute approximate surface area is 138 Å². The van der Waals surface area contributed by atoms with Crippen LogP contribution in [0.3, 0.4) is 0 Å². The SMILES string of the molecule is O=C(O)CC1(NC(=O)C2CC(=O)N(c3ccccc3F)C2)CCC1. The van der Waals surface area contributed by atoms with E-state index in [0.29, 0.717) is 12.8 Å². The predicted molar refractivity (Wildman–Crippen MR) is 83.8 cm³/mol. The topological polar surface area (TPSA) is 86.7 Å². The number of carboxylic acids is 1. The lowest BCUT2D eigenvalue weighted by Gasteiger charge is -2.42. The van der Waals surface area contributed by atoms with Crippen LogP contribution in [0.2, 0.25) is 0 Å². The third-order valence-corrected chi connectivity index (χ3v) is 4.83. The highest BCUT2D eigenvalue weighted by Crippen LogP contribution is 2.36. The van der Waals surface area contributed by atoms with Gasteiger partial charge in [-0.2, -0.15) is 0 Å². The van der Waals surface area contributed by atoms with Gasteiger partial charge in [-0.25, -0.2) is 4.39 Å². The first-order valence-electron chi connectivity index (χ1n) is 7.99. The molecule has 1 aliphatic heterocycles. The predicted octanol–water partition coefficient (Wildman–Crippen LogP) is 1.69. The fourth-order valence-corrected chi connectivity index (χ4v) is 3.39. The molecule has 1 saturated heterocycles.